The zero-order chi connectivity index (χ0) is 10.8. The molecule has 1 aliphatic carbocycles. The summed E-state index contributed by atoms with van der Waals surface area (Å²) in [5, 5.41) is 17.9. The van der Waals surface area contributed by atoms with Gasteiger partial charge >= 0.3 is 11.9 Å². The molecule has 0 heterocycles. The minimum absolute atomic E-state index is 0.382. The highest BCUT2D eigenvalue weighted by molar-refractivity contribution is 5.85. The molecule has 5 heteroatoms. The summed E-state index contributed by atoms with van der Waals surface area (Å²) in [4.78, 5) is 21.9. The molecular weight excluding hydrogens is 188 g/mol. The van der Waals surface area contributed by atoms with E-state index in [0.29, 0.717) is 12.8 Å². The van der Waals surface area contributed by atoms with Gasteiger partial charge in [0.05, 0.1) is 0 Å². The highest BCUT2D eigenvalue weighted by Crippen LogP contribution is 2.42. The number of methoxy groups -OCH3 is 1. The Balaban J connectivity index is 2.96. The lowest BCUT2D eigenvalue weighted by molar-refractivity contribution is -0.172. The molecule has 1 saturated carbocycles. The number of carboxylic acid groups (broad SMARTS) is 2. The van der Waals surface area contributed by atoms with E-state index in [1.165, 1.54) is 7.11 Å². The van der Waals surface area contributed by atoms with Crippen molar-refractivity contribution >= 4 is 11.9 Å². The lowest BCUT2D eigenvalue weighted by Crippen LogP contribution is -2.46. The van der Waals surface area contributed by atoms with Gasteiger partial charge in [-0.05, 0) is 12.8 Å². The molecule has 0 radical (unpaired) electrons. The van der Waals surface area contributed by atoms with Crippen molar-refractivity contribution in [2.75, 3.05) is 7.11 Å². The Bertz CT molecular complexity index is 242. The average molecular weight is 202 g/mol. The van der Waals surface area contributed by atoms with Gasteiger partial charge < -0.3 is 14.9 Å². The molecule has 0 bridgehead atoms. The van der Waals surface area contributed by atoms with Crippen LogP contribution in [0.3, 0.4) is 0 Å². The van der Waals surface area contributed by atoms with Crippen LogP contribution < -0.4 is 0 Å². The Kier molecular flexibility index (Phi) is 3.10. The van der Waals surface area contributed by atoms with E-state index in [1.54, 1.807) is 0 Å². The maximum absolute atomic E-state index is 11.1. The number of rotatable bonds is 4. The Hall–Kier alpha value is -1.10. The van der Waals surface area contributed by atoms with Crippen molar-refractivity contribution in [3.63, 3.8) is 0 Å². The van der Waals surface area contributed by atoms with Crippen molar-refractivity contribution in [1.82, 2.24) is 0 Å². The summed E-state index contributed by atoms with van der Waals surface area (Å²) in [6.07, 6.45) is 1.03. The number of carbonyl (C=O) groups is 2. The van der Waals surface area contributed by atoms with Crippen molar-refractivity contribution in [1.29, 1.82) is 0 Å². The van der Waals surface area contributed by atoms with E-state index in [4.69, 9.17) is 14.9 Å². The fourth-order valence-electron chi connectivity index (χ4n) is 2.16. The van der Waals surface area contributed by atoms with Gasteiger partial charge in [0, 0.05) is 7.11 Å². The lowest BCUT2D eigenvalue weighted by Gasteiger charge is -2.29. The number of carboxylic acids is 2. The van der Waals surface area contributed by atoms with E-state index < -0.39 is 23.5 Å². The lowest BCUT2D eigenvalue weighted by atomic mass is 9.80. The number of aliphatic carboxylic acids is 2. The van der Waals surface area contributed by atoms with E-state index in [0.717, 1.165) is 12.8 Å². The van der Waals surface area contributed by atoms with E-state index >= 15 is 0 Å². The summed E-state index contributed by atoms with van der Waals surface area (Å²) in [5.41, 5.74) is -1.22. The van der Waals surface area contributed by atoms with Gasteiger partial charge in [-0.2, -0.15) is 0 Å². The van der Waals surface area contributed by atoms with Gasteiger partial charge in [0.15, 0.2) is 6.10 Å². The van der Waals surface area contributed by atoms with Crippen LogP contribution in [0.1, 0.15) is 25.7 Å². The highest BCUT2D eigenvalue weighted by atomic mass is 16.5. The normalized spacial score (nSPS) is 21.8. The monoisotopic (exact) mass is 202 g/mol. The summed E-state index contributed by atoms with van der Waals surface area (Å²) >= 11 is 0. The molecule has 0 aromatic carbocycles. The Morgan fingerprint density at radius 3 is 2.07 bits per heavy atom. The van der Waals surface area contributed by atoms with Crippen LogP contribution in [-0.4, -0.2) is 35.4 Å². The van der Waals surface area contributed by atoms with E-state index in [9.17, 15) is 9.59 Å². The minimum atomic E-state index is -1.23. The third kappa shape index (κ3) is 1.59. The molecular formula is C9H14O5. The van der Waals surface area contributed by atoms with Crippen LogP contribution in [0.2, 0.25) is 0 Å². The fourth-order valence-corrected chi connectivity index (χ4v) is 2.16. The van der Waals surface area contributed by atoms with Crippen LogP contribution in [-0.2, 0) is 14.3 Å². The molecule has 0 spiro atoms. The summed E-state index contributed by atoms with van der Waals surface area (Å²) in [7, 11) is 1.24. The largest absolute Gasteiger partial charge is 0.481 e. The topological polar surface area (TPSA) is 83.8 Å². The summed E-state index contributed by atoms with van der Waals surface area (Å²) in [6, 6.07) is 0. The van der Waals surface area contributed by atoms with Crippen LogP contribution in [0, 0.1) is 5.41 Å². The Labute approximate surface area is 81.7 Å². The first-order chi connectivity index (χ1) is 6.54. The summed E-state index contributed by atoms with van der Waals surface area (Å²) in [5.74, 6) is -2.26. The first kappa shape index (κ1) is 11.0. The standard InChI is InChI=1S/C9H14O5/c1-14-6(7(10)11)9(8(12)13)4-2-3-5-9/h6H,2-5H2,1H3,(H,10,11)(H,12,13). The molecule has 14 heavy (non-hydrogen) atoms. The molecule has 0 amide bonds. The third-order valence-electron chi connectivity index (χ3n) is 2.88. The van der Waals surface area contributed by atoms with E-state index in [-0.39, 0.29) is 0 Å². The molecule has 1 unspecified atom stereocenters. The average Bonchev–Trinajstić information content (AvgIpc) is 2.54. The molecule has 0 aromatic heterocycles. The first-order valence-corrected chi connectivity index (χ1v) is 4.53. The Morgan fingerprint density at radius 2 is 1.79 bits per heavy atom. The van der Waals surface area contributed by atoms with E-state index in [2.05, 4.69) is 0 Å². The summed E-state index contributed by atoms with van der Waals surface area (Å²) < 4.78 is 4.78. The van der Waals surface area contributed by atoms with Gasteiger partial charge in [0.2, 0.25) is 0 Å². The van der Waals surface area contributed by atoms with Gasteiger partial charge in [-0.3, -0.25) is 4.79 Å². The van der Waals surface area contributed by atoms with Gasteiger partial charge in [-0.15, -0.1) is 0 Å². The predicted octanol–water partition coefficient (Wildman–Crippen LogP) is 0.731. The van der Waals surface area contributed by atoms with Gasteiger partial charge in [0.1, 0.15) is 5.41 Å². The fraction of sp³-hybridized carbons (Fsp3) is 0.778. The molecule has 0 aliphatic heterocycles. The van der Waals surface area contributed by atoms with Crippen LogP contribution >= 0.6 is 0 Å². The molecule has 1 rings (SSSR count). The van der Waals surface area contributed by atoms with Crippen LogP contribution in [0.4, 0.5) is 0 Å². The third-order valence-corrected chi connectivity index (χ3v) is 2.88. The number of ether oxygens (including phenoxy) is 1. The first-order valence-electron chi connectivity index (χ1n) is 4.53. The maximum atomic E-state index is 11.1. The molecule has 2 N–H and O–H groups in total. The number of hydrogen-bond donors (Lipinski definition) is 2. The van der Waals surface area contributed by atoms with E-state index in [1.807, 2.05) is 0 Å². The van der Waals surface area contributed by atoms with Crippen LogP contribution in [0.25, 0.3) is 0 Å². The van der Waals surface area contributed by atoms with Crippen LogP contribution in [0.15, 0.2) is 0 Å². The number of hydrogen-bond acceptors (Lipinski definition) is 3. The van der Waals surface area contributed by atoms with Crippen molar-refractivity contribution in [3.05, 3.63) is 0 Å². The highest BCUT2D eigenvalue weighted by Gasteiger charge is 2.51. The second-order valence-electron chi connectivity index (χ2n) is 3.62. The van der Waals surface area contributed by atoms with Crippen molar-refractivity contribution in [2.24, 2.45) is 5.41 Å². The molecule has 5 nitrogen and oxygen atoms in total. The molecule has 0 saturated heterocycles. The van der Waals surface area contributed by atoms with Crippen molar-refractivity contribution in [3.8, 4) is 0 Å². The molecule has 80 valence electrons. The van der Waals surface area contributed by atoms with Gasteiger partial charge in [-0.25, -0.2) is 4.79 Å². The van der Waals surface area contributed by atoms with Crippen molar-refractivity contribution < 1.29 is 24.5 Å². The Morgan fingerprint density at radius 1 is 1.29 bits per heavy atom. The quantitative estimate of drug-likeness (QED) is 0.702. The smallest absolute Gasteiger partial charge is 0.334 e. The second-order valence-corrected chi connectivity index (χ2v) is 3.62. The van der Waals surface area contributed by atoms with Gasteiger partial charge in [-0.1, -0.05) is 12.8 Å². The molecule has 1 fully saturated rings. The van der Waals surface area contributed by atoms with Crippen LogP contribution in [0.5, 0.6) is 0 Å². The maximum Gasteiger partial charge on any atom is 0.334 e. The second kappa shape index (κ2) is 3.96. The zero-order valence-electron chi connectivity index (χ0n) is 8.02. The molecule has 1 aliphatic rings. The van der Waals surface area contributed by atoms with Gasteiger partial charge in [0.25, 0.3) is 0 Å². The summed E-state index contributed by atoms with van der Waals surface area (Å²) in [6.45, 7) is 0. The SMILES string of the molecule is COC(C(=O)O)C1(C(=O)O)CCCC1. The molecule has 0 aromatic rings. The van der Waals surface area contributed by atoms with Crippen molar-refractivity contribution in [2.45, 2.75) is 31.8 Å². The minimum Gasteiger partial charge on any atom is -0.481 e. The predicted molar refractivity (Wildman–Crippen MR) is 47.0 cm³/mol. The molecule has 1 atom stereocenters. The zero-order valence-corrected chi connectivity index (χ0v) is 8.02.